The van der Waals surface area contributed by atoms with E-state index in [1.807, 2.05) is 0 Å². The van der Waals surface area contributed by atoms with Gasteiger partial charge in [-0.25, -0.2) is 0 Å². The summed E-state index contributed by atoms with van der Waals surface area (Å²) in [6.45, 7) is 2.31. The maximum atomic E-state index is 9.43. The molecule has 0 saturated heterocycles. The van der Waals surface area contributed by atoms with Crippen LogP contribution in [0.5, 0.6) is 0 Å². The highest BCUT2D eigenvalue weighted by Crippen LogP contribution is 2.24. The predicted molar refractivity (Wildman–Crippen MR) is 42.8 cm³/mol. The highest BCUT2D eigenvalue weighted by molar-refractivity contribution is 5.45. The zero-order valence-corrected chi connectivity index (χ0v) is 7.13. The van der Waals surface area contributed by atoms with Crippen molar-refractivity contribution in [2.24, 2.45) is 5.92 Å². The Morgan fingerprint density at radius 1 is 1.40 bits per heavy atom. The summed E-state index contributed by atoms with van der Waals surface area (Å²) in [6, 6.07) is 0. The Hall–Kier alpha value is -0.530. The number of hydrogen-bond donors (Lipinski definition) is 0. The molecule has 0 radical (unpaired) electrons. The smallest absolute Gasteiger partial charge is 0.209 e. The molecule has 0 aromatic carbocycles. The second-order valence-electron chi connectivity index (χ2n) is 3.11. The lowest BCUT2D eigenvalue weighted by Gasteiger charge is -2.18. The molecule has 1 saturated carbocycles. The standard InChI is InChI=1S/C5H10.C3H7NO/c1-5-3-2-4-5;1-4(2)3-5/h5H,2-4H2,1H3;3H,1-2H3. The number of nitrogens with zero attached hydrogens (tertiary/aromatic N) is 1. The molecule has 2 heteroatoms. The fourth-order valence-electron chi connectivity index (χ4n) is 0.612. The van der Waals surface area contributed by atoms with Gasteiger partial charge < -0.3 is 4.90 Å². The third kappa shape index (κ3) is 5.60. The summed E-state index contributed by atoms with van der Waals surface area (Å²) >= 11 is 0. The summed E-state index contributed by atoms with van der Waals surface area (Å²) < 4.78 is 0. The van der Waals surface area contributed by atoms with Crippen LogP contribution in [0, 0.1) is 5.92 Å². The first-order valence-electron chi connectivity index (χ1n) is 3.78. The summed E-state index contributed by atoms with van der Waals surface area (Å²) in [5.74, 6) is 1.06. The van der Waals surface area contributed by atoms with Crippen LogP contribution >= 0.6 is 0 Å². The fraction of sp³-hybridized carbons (Fsp3) is 0.875. The third-order valence-corrected chi connectivity index (χ3v) is 1.60. The average Bonchev–Trinajstić information content (AvgIpc) is 1.85. The molecule has 10 heavy (non-hydrogen) atoms. The Kier molecular flexibility index (Phi) is 4.99. The lowest BCUT2D eigenvalue weighted by molar-refractivity contribution is -0.115. The molecule has 0 aromatic rings. The number of hydrogen-bond acceptors (Lipinski definition) is 1. The molecule has 0 heterocycles. The van der Waals surface area contributed by atoms with Crippen molar-refractivity contribution in [2.45, 2.75) is 26.2 Å². The van der Waals surface area contributed by atoms with E-state index in [2.05, 4.69) is 6.92 Å². The Morgan fingerprint density at radius 2 is 1.70 bits per heavy atom. The number of carbonyl (C=O) groups is 1. The quantitative estimate of drug-likeness (QED) is 0.509. The van der Waals surface area contributed by atoms with Gasteiger partial charge in [0, 0.05) is 14.1 Å². The second-order valence-corrected chi connectivity index (χ2v) is 3.11. The van der Waals surface area contributed by atoms with E-state index in [0.717, 1.165) is 12.3 Å². The Bertz CT molecular complexity index is 87.3. The molecule has 0 aromatic heterocycles. The van der Waals surface area contributed by atoms with Crippen LogP contribution in [-0.4, -0.2) is 25.4 Å². The minimum absolute atomic E-state index is 0.750. The van der Waals surface area contributed by atoms with E-state index in [1.165, 1.54) is 24.2 Å². The molecule has 1 aliphatic rings. The van der Waals surface area contributed by atoms with E-state index in [-0.39, 0.29) is 0 Å². The van der Waals surface area contributed by atoms with Crippen molar-refractivity contribution in [3.05, 3.63) is 0 Å². The Morgan fingerprint density at radius 3 is 1.70 bits per heavy atom. The molecule has 0 aliphatic heterocycles. The van der Waals surface area contributed by atoms with Gasteiger partial charge >= 0.3 is 0 Å². The van der Waals surface area contributed by atoms with Gasteiger partial charge in [-0.05, 0) is 5.92 Å². The Balaban J connectivity index is 0.000000162. The van der Waals surface area contributed by atoms with Gasteiger partial charge in [0.1, 0.15) is 0 Å². The number of rotatable bonds is 1. The molecule has 2 nitrogen and oxygen atoms in total. The minimum atomic E-state index is 0.750. The van der Waals surface area contributed by atoms with Crippen LogP contribution in [0.4, 0.5) is 0 Å². The van der Waals surface area contributed by atoms with Crippen LogP contribution in [-0.2, 0) is 4.79 Å². The molecule has 0 atom stereocenters. The van der Waals surface area contributed by atoms with Gasteiger partial charge in [0.25, 0.3) is 0 Å². The molecule has 60 valence electrons. The van der Waals surface area contributed by atoms with Crippen molar-refractivity contribution in [2.75, 3.05) is 14.1 Å². The molecule has 1 aliphatic carbocycles. The molecular formula is C8H17NO. The molecule has 0 bridgehead atoms. The lowest BCUT2D eigenvalue weighted by Crippen LogP contribution is -2.06. The first-order chi connectivity index (χ1) is 4.66. The van der Waals surface area contributed by atoms with E-state index >= 15 is 0 Å². The monoisotopic (exact) mass is 143 g/mol. The van der Waals surface area contributed by atoms with Gasteiger partial charge in [0.15, 0.2) is 0 Å². The van der Waals surface area contributed by atoms with Gasteiger partial charge in [-0.2, -0.15) is 0 Å². The van der Waals surface area contributed by atoms with Crippen molar-refractivity contribution in [3.8, 4) is 0 Å². The van der Waals surface area contributed by atoms with Crippen LogP contribution < -0.4 is 0 Å². The lowest BCUT2D eigenvalue weighted by atomic mass is 9.88. The SMILES string of the molecule is CC1CCC1.CN(C)C=O. The molecule has 1 rings (SSSR count). The topological polar surface area (TPSA) is 20.3 Å². The van der Waals surface area contributed by atoms with Crippen LogP contribution in [0.25, 0.3) is 0 Å². The summed E-state index contributed by atoms with van der Waals surface area (Å²) in [6.07, 6.45) is 5.21. The number of carbonyl (C=O) groups excluding carboxylic acids is 1. The van der Waals surface area contributed by atoms with Crippen LogP contribution in [0.15, 0.2) is 0 Å². The minimum Gasteiger partial charge on any atom is -0.351 e. The van der Waals surface area contributed by atoms with E-state index < -0.39 is 0 Å². The highest BCUT2D eigenvalue weighted by Gasteiger charge is 2.09. The predicted octanol–water partition coefficient (Wildman–Crippen LogP) is 1.51. The summed E-state index contributed by atoms with van der Waals surface area (Å²) in [4.78, 5) is 10.9. The van der Waals surface area contributed by atoms with Gasteiger partial charge in [-0.1, -0.05) is 26.2 Å². The molecule has 1 amide bonds. The molecule has 1 fully saturated rings. The first kappa shape index (κ1) is 9.47. The normalized spacial score (nSPS) is 16.3. The van der Waals surface area contributed by atoms with Gasteiger partial charge in [0.2, 0.25) is 6.41 Å². The second kappa shape index (κ2) is 5.27. The van der Waals surface area contributed by atoms with Crippen molar-refractivity contribution in [1.29, 1.82) is 0 Å². The van der Waals surface area contributed by atoms with Crippen LogP contribution in [0.3, 0.4) is 0 Å². The zero-order chi connectivity index (χ0) is 7.98. The van der Waals surface area contributed by atoms with Gasteiger partial charge in [0.05, 0.1) is 0 Å². The summed E-state index contributed by atoms with van der Waals surface area (Å²) in [5, 5.41) is 0. The van der Waals surface area contributed by atoms with Gasteiger partial charge in [-0.15, -0.1) is 0 Å². The van der Waals surface area contributed by atoms with Crippen molar-refractivity contribution in [1.82, 2.24) is 4.90 Å². The summed E-state index contributed by atoms with van der Waals surface area (Å²) in [7, 11) is 3.38. The van der Waals surface area contributed by atoms with E-state index in [4.69, 9.17) is 0 Å². The largest absolute Gasteiger partial charge is 0.351 e. The van der Waals surface area contributed by atoms with Crippen molar-refractivity contribution in [3.63, 3.8) is 0 Å². The summed E-state index contributed by atoms with van der Waals surface area (Å²) in [5.41, 5.74) is 0. The van der Waals surface area contributed by atoms with Crippen LogP contribution in [0.1, 0.15) is 26.2 Å². The van der Waals surface area contributed by atoms with Gasteiger partial charge in [-0.3, -0.25) is 4.79 Å². The molecule has 0 N–H and O–H groups in total. The Labute approximate surface area is 63.2 Å². The zero-order valence-electron chi connectivity index (χ0n) is 7.13. The molecule has 0 unspecified atom stereocenters. The molecule has 0 spiro atoms. The maximum absolute atomic E-state index is 9.43. The van der Waals surface area contributed by atoms with E-state index in [1.54, 1.807) is 14.1 Å². The van der Waals surface area contributed by atoms with Crippen molar-refractivity contribution >= 4 is 6.41 Å². The van der Waals surface area contributed by atoms with E-state index in [0.29, 0.717) is 0 Å². The average molecular weight is 143 g/mol. The maximum Gasteiger partial charge on any atom is 0.209 e. The number of amides is 1. The van der Waals surface area contributed by atoms with Crippen molar-refractivity contribution < 1.29 is 4.79 Å². The van der Waals surface area contributed by atoms with Crippen LogP contribution in [0.2, 0.25) is 0 Å². The van der Waals surface area contributed by atoms with E-state index in [9.17, 15) is 4.79 Å². The first-order valence-corrected chi connectivity index (χ1v) is 3.78. The molecular weight excluding hydrogens is 126 g/mol. The third-order valence-electron chi connectivity index (χ3n) is 1.60. The fourth-order valence-corrected chi connectivity index (χ4v) is 0.612. The highest BCUT2D eigenvalue weighted by atomic mass is 16.1.